The summed E-state index contributed by atoms with van der Waals surface area (Å²) in [6.45, 7) is 7.86. The van der Waals surface area contributed by atoms with E-state index in [1.54, 1.807) is 12.1 Å². The average Bonchev–Trinajstić information content (AvgIpc) is 2.67. The molecule has 0 saturated carbocycles. The van der Waals surface area contributed by atoms with Crippen molar-refractivity contribution in [1.29, 1.82) is 0 Å². The highest BCUT2D eigenvalue weighted by atomic mass is 32.2. The molecule has 1 N–H and O–H groups in total. The van der Waals surface area contributed by atoms with Crippen molar-refractivity contribution in [3.05, 3.63) is 18.2 Å². The fraction of sp³-hybridized carbons (Fsp3) is 0.632. The molecule has 3 rings (SSSR count). The van der Waals surface area contributed by atoms with Crippen LogP contribution in [0.3, 0.4) is 0 Å². The van der Waals surface area contributed by atoms with Gasteiger partial charge in [0, 0.05) is 38.8 Å². The number of sulfonamides is 1. The van der Waals surface area contributed by atoms with Gasteiger partial charge in [-0.1, -0.05) is 13.8 Å². The van der Waals surface area contributed by atoms with E-state index in [9.17, 15) is 13.2 Å². The number of benzene rings is 1. The Bertz CT molecular complexity index is 789. The summed E-state index contributed by atoms with van der Waals surface area (Å²) in [5, 5.41) is 2.92. The standard InChI is InChI=1S/C19H29N3O5S/c1-15(2)5-6-20-19(23)14-21-7-9-22(10-8-21)28(24,25)16-3-4-17-18(13-16)27-12-11-26-17/h3-4,13,15H,5-12,14H2,1-2H3,(H,20,23). The van der Waals surface area contributed by atoms with Crippen LogP contribution in [0.2, 0.25) is 0 Å². The lowest BCUT2D eigenvalue weighted by atomic mass is 10.1. The Kier molecular flexibility index (Phi) is 6.79. The Hall–Kier alpha value is -1.84. The minimum atomic E-state index is -3.60. The Morgan fingerprint density at radius 2 is 1.79 bits per heavy atom. The SMILES string of the molecule is CC(C)CCNC(=O)CN1CCN(S(=O)(=O)c2ccc3c(c2)OCCO3)CC1. The second-order valence-electron chi connectivity index (χ2n) is 7.52. The van der Waals surface area contributed by atoms with Crippen LogP contribution in [0.1, 0.15) is 20.3 Å². The van der Waals surface area contributed by atoms with E-state index >= 15 is 0 Å². The number of ether oxygens (including phenoxy) is 2. The summed E-state index contributed by atoms with van der Waals surface area (Å²) in [6.07, 6.45) is 0.952. The van der Waals surface area contributed by atoms with Gasteiger partial charge in [0.05, 0.1) is 11.4 Å². The molecule has 1 fully saturated rings. The monoisotopic (exact) mass is 411 g/mol. The molecule has 0 aliphatic carbocycles. The number of piperazine rings is 1. The first-order valence-corrected chi connectivity index (χ1v) is 11.2. The first kappa shape index (κ1) is 20.9. The molecule has 1 aromatic rings. The summed E-state index contributed by atoms with van der Waals surface area (Å²) in [7, 11) is -3.60. The lowest BCUT2D eigenvalue weighted by Crippen LogP contribution is -2.51. The van der Waals surface area contributed by atoms with Gasteiger partial charge in [0.1, 0.15) is 13.2 Å². The van der Waals surface area contributed by atoms with E-state index in [1.807, 2.05) is 4.90 Å². The van der Waals surface area contributed by atoms with Crippen molar-refractivity contribution in [3.8, 4) is 11.5 Å². The highest BCUT2D eigenvalue weighted by Crippen LogP contribution is 2.33. The third-order valence-corrected chi connectivity index (χ3v) is 6.79. The van der Waals surface area contributed by atoms with E-state index in [0.29, 0.717) is 69.9 Å². The summed E-state index contributed by atoms with van der Waals surface area (Å²) in [4.78, 5) is 14.2. The van der Waals surface area contributed by atoms with E-state index in [4.69, 9.17) is 9.47 Å². The smallest absolute Gasteiger partial charge is 0.243 e. The molecule has 0 radical (unpaired) electrons. The molecule has 0 unspecified atom stereocenters. The minimum absolute atomic E-state index is 0.0104. The summed E-state index contributed by atoms with van der Waals surface area (Å²) in [5.74, 6) is 1.57. The molecular formula is C19H29N3O5S. The molecular weight excluding hydrogens is 382 g/mol. The second-order valence-corrected chi connectivity index (χ2v) is 9.46. The van der Waals surface area contributed by atoms with Gasteiger partial charge in [0.2, 0.25) is 15.9 Å². The molecule has 28 heavy (non-hydrogen) atoms. The predicted octanol–water partition coefficient (Wildman–Crippen LogP) is 0.926. The largest absolute Gasteiger partial charge is 0.486 e. The zero-order valence-corrected chi connectivity index (χ0v) is 17.3. The first-order valence-electron chi connectivity index (χ1n) is 9.75. The van der Waals surface area contributed by atoms with Gasteiger partial charge < -0.3 is 14.8 Å². The van der Waals surface area contributed by atoms with E-state index in [-0.39, 0.29) is 10.8 Å². The number of hydrogen-bond acceptors (Lipinski definition) is 6. The van der Waals surface area contributed by atoms with Crippen LogP contribution >= 0.6 is 0 Å². The lowest BCUT2D eigenvalue weighted by Gasteiger charge is -2.33. The van der Waals surface area contributed by atoms with Gasteiger partial charge in [-0.05, 0) is 24.5 Å². The number of fused-ring (bicyclic) bond motifs is 1. The van der Waals surface area contributed by atoms with Crippen LogP contribution in [0, 0.1) is 5.92 Å². The number of amides is 1. The second kappa shape index (κ2) is 9.11. The average molecular weight is 412 g/mol. The number of carbonyl (C=O) groups is 1. The molecule has 2 aliphatic heterocycles. The van der Waals surface area contributed by atoms with Crippen LogP contribution in [0.25, 0.3) is 0 Å². The van der Waals surface area contributed by atoms with Gasteiger partial charge in [0.25, 0.3) is 0 Å². The quantitative estimate of drug-likeness (QED) is 0.718. The van der Waals surface area contributed by atoms with Crippen molar-refractivity contribution in [2.24, 2.45) is 5.92 Å². The van der Waals surface area contributed by atoms with Crippen LogP contribution < -0.4 is 14.8 Å². The van der Waals surface area contributed by atoms with Gasteiger partial charge in [-0.3, -0.25) is 9.69 Å². The maximum Gasteiger partial charge on any atom is 0.243 e. The fourth-order valence-electron chi connectivity index (χ4n) is 3.22. The zero-order chi connectivity index (χ0) is 20.1. The molecule has 0 aromatic heterocycles. The summed E-state index contributed by atoms with van der Waals surface area (Å²) < 4.78 is 38.3. The molecule has 0 bridgehead atoms. The third-order valence-electron chi connectivity index (χ3n) is 4.89. The molecule has 156 valence electrons. The normalized spacial score (nSPS) is 18.2. The molecule has 2 aliphatic rings. The lowest BCUT2D eigenvalue weighted by molar-refractivity contribution is -0.122. The molecule has 8 nitrogen and oxygen atoms in total. The van der Waals surface area contributed by atoms with Gasteiger partial charge in [-0.15, -0.1) is 0 Å². The Morgan fingerprint density at radius 3 is 2.46 bits per heavy atom. The molecule has 2 heterocycles. The molecule has 9 heteroatoms. The van der Waals surface area contributed by atoms with Gasteiger partial charge in [-0.2, -0.15) is 4.31 Å². The van der Waals surface area contributed by atoms with E-state index in [2.05, 4.69) is 19.2 Å². The van der Waals surface area contributed by atoms with Gasteiger partial charge >= 0.3 is 0 Å². The number of nitrogens with one attached hydrogen (secondary N) is 1. The highest BCUT2D eigenvalue weighted by molar-refractivity contribution is 7.89. The topological polar surface area (TPSA) is 88.2 Å². The summed E-state index contributed by atoms with van der Waals surface area (Å²) >= 11 is 0. The molecule has 1 saturated heterocycles. The van der Waals surface area contributed by atoms with Crippen LogP contribution in [-0.4, -0.2) is 76.0 Å². The zero-order valence-electron chi connectivity index (χ0n) is 16.5. The maximum atomic E-state index is 12.9. The summed E-state index contributed by atoms with van der Waals surface area (Å²) in [6, 6.07) is 4.72. The van der Waals surface area contributed by atoms with Gasteiger partial charge in [0.15, 0.2) is 11.5 Å². The van der Waals surface area contributed by atoms with Crippen molar-refractivity contribution >= 4 is 15.9 Å². The van der Waals surface area contributed by atoms with Crippen LogP contribution in [0.5, 0.6) is 11.5 Å². The van der Waals surface area contributed by atoms with Crippen LogP contribution in [0.15, 0.2) is 23.1 Å². The third kappa shape index (κ3) is 5.15. The number of nitrogens with zero attached hydrogens (tertiary/aromatic N) is 2. The van der Waals surface area contributed by atoms with E-state index in [1.165, 1.54) is 10.4 Å². The molecule has 1 aromatic carbocycles. The van der Waals surface area contributed by atoms with Gasteiger partial charge in [-0.25, -0.2) is 8.42 Å². The highest BCUT2D eigenvalue weighted by Gasteiger charge is 2.30. The number of carbonyl (C=O) groups excluding carboxylic acids is 1. The van der Waals surface area contributed by atoms with Crippen LogP contribution in [-0.2, 0) is 14.8 Å². The fourth-order valence-corrected chi connectivity index (χ4v) is 4.66. The first-order chi connectivity index (χ1) is 13.4. The number of hydrogen-bond donors (Lipinski definition) is 1. The van der Waals surface area contributed by atoms with Crippen molar-refractivity contribution in [2.45, 2.75) is 25.2 Å². The summed E-state index contributed by atoms with van der Waals surface area (Å²) in [5.41, 5.74) is 0. The number of rotatable bonds is 7. The molecule has 0 atom stereocenters. The Balaban J connectivity index is 1.53. The Morgan fingerprint density at radius 1 is 1.11 bits per heavy atom. The van der Waals surface area contributed by atoms with Crippen molar-refractivity contribution in [1.82, 2.24) is 14.5 Å². The predicted molar refractivity (Wildman–Crippen MR) is 105 cm³/mol. The van der Waals surface area contributed by atoms with E-state index < -0.39 is 10.0 Å². The molecule has 1 amide bonds. The Labute approximate surface area is 166 Å². The van der Waals surface area contributed by atoms with E-state index in [0.717, 1.165) is 6.42 Å². The van der Waals surface area contributed by atoms with Crippen LogP contribution in [0.4, 0.5) is 0 Å². The molecule has 0 spiro atoms. The van der Waals surface area contributed by atoms with Crippen molar-refractivity contribution < 1.29 is 22.7 Å². The maximum absolute atomic E-state index is 12.9. The minimum Gasteiger partial charge on any atom is -0.486 e. The van der Waals surface area contributed by atoms with Crippen molar-refractivity contribution in [2.75, 3.05) is 52.5 Å². The van der Waals surface area contributed by atoms with Crippen molar-refractivity contribution in [3.63, 3.8) is 0 Å².